The Bertz CT molecular complexity index is 46.5. The van der Waals surface area contributed by atoms with Crippen LogP contribution in [-0.2, 0) is 0 Å². The summed E-state index contributed by atoms with van der Waals surface area (Å²) in [4.78, 5) is 0. The molecule has 0 saturated heterocycles. The summed E-state index contributed by atoms with van der Waals surface area (Å²) in [7, 11) is -0.907. The predicted octanol–water partition coefficient (Wildman–Crippen LogP) is 0.618. The molecule has 7 heavy (non-hydrogen) atoms. The Hall–Kier alpha value is 0.390. The van der Waals surface area contributed by atoms with Gasteiger partial charge < -0.3 is 0 Å². The zero-order chi connectivity index (χ0) is 5.91. The molecule has 0 saturated carbocycles. The Morgan fingerprint density at radius 3 is 1.71 bits per heavy atom. The quantitative estimate of drug-likeness (QED) is 0.532. The Balaban J connectivity index is 3.15. The molecule has 0 bridgehead atoms. The zero-order valence-corrected chi connectivity index (χ0v) is 6.36. The summed E-state index contributed by atoms with van der Waals surface area (Å²) in [5.41, 5.74) is 0. The van der Waals surface area contributed by atoms with Crippen molar-refractivity contribution in [3.05, 3.63) is 0 Å². The van der Waals surface area contributed by atoms with Crippen molar-refractivity contribution in [1.82, 2.24) is 0 Å². The number of aliphatic hydroxyl groups is 1. The van der Waals surface area contributed by atoms with Crippen molar-refractivity contribution in [2.24, 2.45) is 0 Å². The van der Waals surface area contributed by atoms with E-state index in [0.29, 0.717) is 6.61 Å². The fraction of sp³-hybridized carbons (Fsp3) is 1.00. The molecule has 0 aliphatic carbocycles. The normalized spacial score (nSPS) is 14.3. The molecular weight excluding hydrogens is 107 g/mol. The average molecular weight is 122 g/mol. The average Bonchev–Trinajstić information content (AvgIpc) is 1.30. The molecule has 0 amide bonds. The van der Waals surface area contributed by atoms with Crippen molar-refractivity contribution in [2.45, 2.75) is 0 Å². The minimum absolute atomic E-state index is 0.371. The molecule has 0 aromatic heterocycles. The van der Waals surface area contributed by atoms with Crippen LogP contribution in [-0.4, -0.2) is 37.9 Å². The van der Waals surface area contributed by atoms with Crippen LogP contribution < -0.4 is 0 Å². The van der Waals surface area contributed by atoms with Gasteiger partial charge in [0.1, 0.15) is 0 Å². The molecule has 0 atom stereocenters. The third kappa shape index (κ3) is 6.39. The van der Waals surface area contributed by atoms with Crippen LogP contribution in [0.2, 0.25) is 0 Å². The van der Waals surface area contributed by atoms with Gasteiger partial charge in [-0.25, -0.2) is 0 Å². The third-order valence-corrected chi connectivity index (χ3v) is 2.59. The number of hydrogen-bond donors (Lipinski definition) is 1. The molecule has 0 spiro atoms. The fourth-order valence-electron chi connectivity index (χ4n) is 0.335. The van der Waals surface area contributed by atoms with Crippen molar-refractivity contribution in [2.75, 3.05) is 32.8 Å². The van der Waals surface area contributed by atoms with Crippen LogP contribution in [0.5, 0.6) is 0 Å². The number of hydrogen-bond acceptors (Lipinski definition) is 1. The summed E-state index contributed by atoms with van der Waals surface area (Å²) < 4.78 is 0. The summed E-state index contributed by atoms with van der Waals surface area (Å²) >= 11 is 0. The molecule has 1 nitrogen and oxygen atoms in total. The molecular formula is C5H15OP. The molecule has 0 aliphatic heterocycles. The predicted molar refractivity (Wildman–Crippen MR) is 38.0 cm³/mol. The second kappa shape index (κ2) is 2.64. The Labute approximate surface area is 46.1 Å². The molecule has 0 unspecified atom stereocenters. The minimum atomic E-state index is -0.907. The molecule has 1 N–H and O–H groups in total. The van der Waals surface area contributed by atoms with Gasteiger partial charge in [0.25, 0.3) is 0 Å². The zero-order valence-electron chi connectivity index (χ0n) is 5.36. The van der Waals surface area contributed by atoms with Crippen LogP contribution in [0.3, 0.4) is 0 Å². The van der Waals surface area contributed by atoms with Crippen molar-refractivity contribution in [3.8, 4) is 0 Å². The van der Waals surface area contributed by atoms with E-state index in [1.165, 1.54) is 0 Å². The van der Waals surface area contributed by atoms with Gasteiger partial charge in [-0.15, -0.1) is 0 Å². The van der Waals surface area contributed by atoms with Crippen molar-refractivity contribution in [3.63, 3.8) is 0 Å². The van der Waals surface area contributed by atoms with E-state index in [0.717, 1.165) is 6.16 Å². The van der Waals surface area contributed by atoms with Gasteiger partial charge in [-0.1, -0.05) is 0 Å². The maximum atomic E-state index is 8.44. The fourth-order valence-corrected chi connectivity index (χ4v) is 1.01. The van der Waals surface area contributed by atoms with Gasteiger partial charge in [0.2, 0.25) is 0 Å². The van der Waals surface area contributed by atoms with E-state index < -0.39 is 7.26 Å². The van der Waals surface area contributed by atoms with E-state index in [4.69, 9.17) is 5.11 Å². The third-order valence-electron chi connectivity index (χ3n) is 0.862. The topological polar surface area (TPSA) is 20.2 Å². The van der Waals surface area contributed by atoms with Crippen LogP contribution in [0, 0.1) is 0 Å². The summed E-state index contributed by atoms with van der Waals surface area (Å²) in [6.45, 7) is 7.13. The molecule has 0 aromatic carbocycles. The molecule has 0 rings (SSSR count). The SMILES string of the molecule is C[PH](C)(C)CCO. The number of aliphatic hydroxyl groups excluding tert-OH is 1. The summed E-state index contributed by atoms with van der Waals surface area (Å²) in [5.74, 6) is 0. The van der Waals surface area contributed by atoms with E-state index in [9.17, 15) is 0 Å². The van der Waals surface area contributed by atoms with Crippen molar-refractivity contribution >= 4 is 7.26 Å². The first kappa shape index (κ1) is 7.39. The van der Waals surface area contributed by atoms with Gasteiger partial charge in [-0.05, 0) is 0 Å². The van der Waals surface area contributed by atoms with Gasteiger partial charge in [0.05, 0.1) is 0 Å². The summed E-state index contributed by atoms with van der Waals surface area (Å²) in [6.07, 6.45) is 1.03. The Morgan fingerprint density at radius 1 is 1.29 bits per heavy atom. The molecule has 0 aliphatic rings. The standard InChI is InChI=1S/C5H15OP/c1-7(2,3)5-4-6/h6-7H,4-5H2,1-3H3. The van der Waals surface area contributed by atoms with Gasteiger partial charge in [0.15, 0.2) is 0 Å². The van der Waals surface area contributed by atoms with Crippen LogP contribution in [0.4, 0.5) is 0 Å². The molecule has 2 heteroatoms. The first-order valence-electron chi connectivity index (χ1n) is 2.67. The molecule has 0 fully saturated rings. The monoisotopic (exact) mass is 122 g/mol. The van der Waals surface area contributed by atoms with E-state index in [2.05, 4.69) is 20.0 Å². The summed E-state index contributed by atoms with van der Waals surface area (Å²) in [6, 6.07) is 0. The summed E-state index contributed by atoms with van der Waals surface area (Å²) in [5, 5.41) is 8.44. The van der Waals surface area contributed by atoms with Gasteiger partial charge in [0, 0.05) is 0 Å². The van der Waals surface area contributed by atoms with E-state index in [-0.39, 0.29) is 0 Å². The Kier molecular flexibility index (Phi) is 2.78. The van der Waals surface area contributed by atoms with Crippen LogP contribution in [0.25, 0.3) is 0 Å². The van der Waals surface area contributed by atoms with Gasteiger partial charge in [-0.3, -0.25) is 0 Å². The van der Waals surface area contributed by atoms with Gasteiger partial charge >= 0.3 is 45.1 Å². The van der Waals surface area contributed by atoms with Crippen LogP contribution in [0.15, 0.2) is 0 Å². The van der Waals surface area contributed by atoms with Crippen LogP contribution in [0.1, 0.15) is 0 Å². The molecule has 0 aromatic rings. The van der Waals surface area contributed by atoms with Crippen molar-refractivity contribution < 1.29 is 5.11 Å². The van der Waals surface area contributed by atoms with Crippen LogP contribution >= 0.6 is 7.26 Å². The number of rotatable bonds is 2. The van der Waals surface area contributed by atoms with Gasteiger partial charge in [-0.2, -0.15) is 0 Å². The Morgan fingerprint density at radius 2 is 1.71 bits per heavy atom. The van der Waals surface area contributed by atoms with E-state index >= 15 is 0 Å². The van der Waals surface area contributed by atoms with E-state index in [1.54, 1.807) is 0 Å². The molecule has 0 radical (unpaired) electrons. The maximum absolute atomic E-state index is 8.44. The first-order valence-corrected chi connectivity index (χ1v) is 6.38. The van der Waals surface area contributed by atoms with Crippen molar-refractivity contribution in [1.29, 1.82) is 0 Å². The molecule has 46 valence electrons. The van der Waals surface area contributed by atoms with E-state index in [1.807, 2.05) is 0 Å². The first-order chi connectivity index (χ1) is 3.06. The second-order valence-electron chi connectivity index (χ2n) is 3.03. The second-order valence-corrected chi connectivity index (χ2v) is 8.66. The molecule has 0 heterocycles.